The van der Waals surface area contributed by atoms with Gasteiger partial charge in [-0.15, -0.1) is 6.42 Å². The highest BCUT2D eigenvalue weighted by Crippen LogP contribution is 2.28. The Morgan fingerprint density at radius 2 is 2.57 bits per heavy atom. The van der Waals surface area contributed by atoms with E-state index in [4.69, 9.17) is 11.2 Å². The van der Waals surface area contributed by atoms with Gasteiger partial charge >= 0.3 is 0 Å². The highest BCUT2D eigenvalue weighted by molar-refractivity contribution is 5.96. The predicted octanol–water partition coefficient (Wildman–Crippen LogP) is 0.440. The van der Waals surface area contributed by atoms with Crippen LogP contribution in [0.15, 0.2) is 18.3 Å². The van der Waals surface area contributed by atoms with Gasteiger partial charge in [0.25, 0.3) is 5.91 Å². The van der Waals surface area contributed by atoms with Crippen molar-refractivity contribution in [2.75, 3.05) is 18.1 Å². The van der Waals surface area contributed by atoms with Gasteiger partial charge < -0.3 is 4.74 Å². The van der Waals surface area contributed by atoms with E-state index in [9.17, 15) is 4.79 Å². The van der Waals surface area contributed by atoms with Crippen molar-refractivity contribution in [2.24, 2.45) is 0 Å². The van der Waals surface area contributed by atoms with Gasteiger partial charge in [0.2, 0.25) is 0 Å². The van der Waals surface area contributed by atoms with Crippen LogP contribution in [-0.2, 0) is 4.79 Å². The molecule has 0 fully saturated rings. The fraction of sp³-hybridized carbons (Fsp3) is 0.200. The number of ether oxygens (including phenoxy) is 1. The maximum absolute atomic E-state index is 11.4. The molecule has 2 heterocycles. The van der Waals surface area contributed by atoms with Gasteiger partial charge in [-0.3, -0.25) is 9.69 Å². The highest BCUT2D eigenvalue weighted by Gasteiger charge is 2.25. The van der Waals surface area contributed by atoms with Gasteiger partial charge in [-0.1, -0.05) is 5.92 Å². The SMILES string of the molecule is C#CCN1C(=O)COc2cccnc21. The van der Waals surface area contributed by atoms with Gasteiger partial charge in [0.05, 0.1) is 6.54 Å². The van der Waals surface area contributed by atoms with Crippen molar-refractivity contribution < 1.29 is 9.53 Å². The molecule has 0 aromatic carbocycles. The van der Waals surface area contributed by atoms with Crippen molar-refractivity contribution >= 4 is 11.7 Å². The summed E-state index contributed by atoms with van der Waals surface area (Å²) in [4.78, 5) is 16.9. The molecule has 1 aromatic rings. The molecule has 1 aliphatic heterocycles. The van der Waals surface area contributed by atoms with E-state index in [0.717, 1.165) is 0 Å². The molecule has 14 heavy (non-hydrogen) atoms. The zero-order chi connectivity index (χ0) is 9.97. The van der Waals surface area contributed by atoms with Crippen LogP contribution in [0.25, 0.3) is 0 Å². The number of hydrogen-bond donors (Lipinski definition) is 0. The molecule has 2 rings (SSSR count). The van der Waals surface area contributed by atoms with Crippen LogP contribution < -0.4 is 9.64 Å². The molecule has 0 atom stereocenters. The summed E-state index contributed by atoms with van der Waals surface area (Å²) in [5, 5.41) is 0. The number of carbonyl (C=O) groups excluding carboxylic acids is 1. The number of pyridine rings is 1. The maximum atomic E-state index is 11.4. The van der Waals surface area contributed by atoms with E-state index < -0.39 is 0 Å². The second-order valence-corrected chi connectivity index (χ2v) is 2.80. The van der Waals surface area contributed by atoms with Crippen molar-refractivity contribution in [1.29, 1.82) is 0 Å². The third-order valence-corrected chi connectivity index (χ3v) is 1.91. The van der Waals surface area contributed by atoms with Gasteiger partial charge in [-0.05, 0) is 12.1 Å². The molecule has 0 radical (unpaired) electrons. The zero-order valence-corrected chi connectivity index (χ0v) is 7.43. The van der Waals surface area contributed by atoms with Gasteiger partial charge in [-0.25, -0.2) is 4.98 Å². The highest BCUT2D eigenvalue weighted by atomic mass is 16.5. The Balaban J connectivity index is 2.42. The van der Waals surface area contributed by atoms with Gasteiger partial charge in [0.15, 0.2) is 18.2 Å². The number of carbonyl (C=O) groups is 1. The number of aromatic nitrogens is 1. The van der Waals surface area contributed by atoms with Crippen molar-refractivity contribution in [1.82, 2.24) is 4.98 Å². The average molecular weight is 188 g/mol. The normalized spacial score (nSPS) is 14.2. The van der Waals surface area contributed by atoms with Gasteiger partial charge in [0.1, 0.15) is 0 Å². The number of hydrogen-bond acceptors (Lipinski definition) is 3. The number of terminal acetylenes is 1. The smallest absolute Gasteiger partial charge is 0.267 e. The van der Waals surface area contributed by atoms with Crippen molar-refractivity contribution in [2.45, 2.75) is 0 Å². The topological polar surface area (TPSA) is 42.4 Å². The van der Waals surface area contributed by atoms with Crippen LogP contribution in [0, 0.1) is 12.3 Å². The molecule has 0 N–H and O–H groups in total. The lowest BCUT2D eigenvalue weighted by atomic mass is 10.3. The monoisotopic (exact) mass is 188 g/mol. The maximum Gasteiger partial charge on any atom is 0.267 e. The van der Waals surface area contributed by atoms with Crippen LogP contribution >= 0.6 is 0 Å². The molecule has 4 nitrogen and oxygen atoms in total. The summed E-state index contributed by atoms with van der Waals surface area (Å²) in [7, 11) is 0. The van der Waals surface area contributed by atoms with Crippen molar-refractivity contribution in [3.63, 3.8) is 0 Å². The first-order chi connectivity index (χ1) is 6.83. The fourth-order valence-corrected chi connectivity index (χ4v) is 1.29. The quantitative estimate of drug-likeness (QED) is 0.600. The lowest BCUT2D eigenvalue weighted by Gasteiger charge is -2.26. The van der Waals surface area contributed by atoms with Crippen LogP contribution in [0.2, 0.25) is 0 Å². The molecule has 1 aliphatic rings. The molecular formula is C10H8N2O2. The van der Waals surface area contributed by atoms with E-state index >= 15 is 0 Å². The second kappa shape index (κ2) is 3.38. The minimum absolute atomic E-state index is 0.0281. The first-order valence-corrected chi connectivity index (χ1v) is 4.14. The van der Waals surface area contributed by atoms with Crippen LogP contribution in [0.1, 0.15) is 0 Å². The third kappa shape index (κ3) is 1.29. The lowest BCUT2D eigenvalue weighted by molar-refractivity contribution is -0.121. The Morgan fingerprint density at radius 1 is 1.71 bits per heavy atom. The van der Waals surface area contributed by atoms with Gasteiger partial charge in [-0.2, -0.15) is 0 Å². The number of amides is 1. The predicted molar refractivity (Wildman–Crippen MR) is 50.9 cm³/mol. The van der Waals surface area contributed by atoms with Crippen molar-refractivity contribution in [3.8, 4) is 18.1 Å². The fourth-order valence-electron chi connectivity index (χ4n) is 1.29. The minimum Gasteiger partial charge on any atom is -0.480 e. The van der Waals surface area contributed by atoms with E-state index in [2.05, 4.69) is 10.9 Å². The summed E-state index contributed by atoms with van der Waals surface area (Å²) < 4.78 is 5.19. The molecule has 0 aliphatic carbocycles. The van der Waals surface area contributed by atoms with Crippen LogP contribution in [0.3, 0.4) is 0 Å². The molecule has 0 saturated carbocycles. The van der Waals surface area contributed by atoms with E-state index in [1.807, 2.05) is 0 Å². The molecule has 0 bridgehead atoms. The Labute approximate surface area is 81.5 Å². The Hall–Kier alpha value is -2.02. The van der Waals surface area contributed by atoms with Crippen molar-refractivity contribution in [3.05, 3.63) is 18.3 Å². The molecule has 1 aromatic heterocycles. The Kier molecular flexibility index (Phi) is 2.07. The molecule has 0 unspecified atom stereocenters. The van der Waals surface area contributed by atoms with E-state index in [-0.39, 0.29) is 19.1 Å². The second-order valence-electron chi connectivity index (χ2n) is 2.80. The van der Waals surface area contributed by atoms with E-state index in [1.165, 1.54) is 4.90 Å². The third-order valence-electron chi connectivity index (χ3n) is 1.91. The summed E-state index contributed by atoms with van der Waals surface area (Å²) in [6, 6.07) is 3.51. The van der Waals surface area contributed by atoms with Crippen LogP contribution in [0.4, 0.5) is 5.82 Å². The molecule has 0 spiro atoms. The molecule has 1 amide bonds. The standard InChI is InChI=1S/C10H8N2O2/c1-2-6-12-9(13)7-14-8-4-3-5-11-10(8)12/h1,3-5H,6-7H2. The molecule has 0 saturated heterocycles. The summed E-state index contributed by atoms with van der Waals surface area (Å²) in [6.45, 7) is 0.257. The van der Waals surface area contributed by atoms with Crippen LogP contribution in [-0.4, -0.2) is 24.0 Å². The summed E-state index contributed by atoms with van der Waals surface area (Å²) >= 11 is 0. The summed E-state index contributed by atoms with van der Waals surface area (Å²) in [6.07, 6.45) is 6.77. The number of anilines is 1. The minimum atomic E-state index is -0.158. The number of nitrogens with zero attached hydrogens (tertiary/aromatic N) is 2. The van der Waals surface area contributed by atoms with E-state index in [1.54, 1.807) is 18.3 Å². The summed E-state index contributed by atoms with van der Waals surface area (Å²) in [5.41, 5.74) is 0. The zero-order valence-electron chi connectivity index (χ0n) is 7.43. The van der Waals surface area contributed by atoms with E-state index in [0.29, 0.717) is 11.6 Å². The lowest BCUT2D eigenvalue weighted by Crippen LogP contribution is -2.39. The largest absolute Gasteiger partial charge is 0.480 e. The average Bonchev–Trinajstić information content (AvgIpc) is 2.23. The van der Waals surface area contributed by atoms with Crippen LogP contribution in [0.5, 0.6) is 5.75 Å². The summed E-state index contributed by atoms with van der Waals surface area (Å²) in [5.74, 6) is 3.36. The first kappa shape index (κ1) is 8.57. The molecule has 4 heteroatoms. The molecular weight excluding hydrogens is 180 g/mol. The Bertz CT molecular complexity index is 409. The Morgan fingerprint density at radius 3 is 3.36 bits per heavy atom. The first-order valence-electron chi connectivity index (χ1n) is 4.14. The number of fused-ring (bicyclic) bond motifs is 1. The van der Waals surface area contributed by atoms with Gasteiger partial charge in [0, 0.05) is 6.20 Å². The molecule has 70 valence electrons. The number of rotatable bonds is 1.